The predicted octanol–water partition coefficient (Wildman–Crippen LogP) is 3.12. The summed E-state index contributed by atoms with van der Waals surface area (Å²) in [6.07, 6.45) is 1.16. The topological polar surface area (TPSA) is 38.5 Å². The minimum absolute atomic E-state index is 0.560. The van der Waals surface area contributed by atoms with Crippen LogP contribution in [0.3, 0.4) is 0 Å². The molecule has 0 heterocycles. The number of benzene rings is 1. The Balaban J connectivity index is 2.46. The third-order valence-electron chi connectivity index (χ3n) is 3.67. The van der Waals surface area contributed by atoms with Gasteiger partial charge < -0.3 is 10.5 Å². The number of ether oxygens (including phenoxy) is 1. The van der Waals surface area contributed by atoms with Gasteiger partial charge in [-0.2, -0.15) is 0 Å². The van der Waals surface area contributed by atoms with Gasteiger partial charge in [0.05, 0.1) is 6.61 Å². The summed E-state index contributed by atoms with van der Waals surface area (Å²) in [5.74, 6) is 0.560. The van der Waals surface area contributed by atoms with Crippen molar-refractivity contribution in [2.24, 2.45) is 0 Å². The van der Waals surface area contributed by atoms with E-state index in [0.717, 1.165) is 31.8 Å². The van der Waals surface area contributed by atoms with Crippen molar-refractivity contribution >= 4 is 5.69 Å². The van der Waals surface area contributed by atoms with E-state index < -0.39 is 0 Å². The van der Waals surface area contributed by atoms with Crippen LogP contribution in [0.15, 0.2) is 24.3 Å². The van der Waals surface area contributed by atoms with Crippen LogP contribution in [-0.2, 0) is 4.74 Å². The highest BCUT2D eigenvalue weighted by molar-refractivity contribution is 5.40. The Bertz CT molecular complexity index is 348. The lowest BCUT2D eigenvalue weighted by Gasteiger charge is -2.27. The molecule has 1 aromatic rings. The van der Waals surface area contributed by atoms with E-state index in [1.165, 1.54) is 5.56 Å². The van der Waals surface area contributed by atoms with Gasteiger partial charge in [-0.1, -0.05) is 19.1 Å². The fourth-order valence-corrected chi connectivity index (χ4v) is 2.19. The number of anilines is 1. The van der Waals surface area contributed by atoms with E-state index in [1.807, 2.05) is 12.1 Å². The van der Waals surface area contributed by atoms with Crippen LogP contribution in [-0.4, -0.2) is 37.7 Å². The van der Waals surface area contributed by atoms with Crippen LogP contribution < -0.4 is 5.73 Å². The number of nitrogens with zero attached hydrogens (tertiary/aromatic N) is 1. The number of hydrogen-bond donors (Lipinski definition) is 1. The van der Waals surface area contributed by atoms with Crippen LogP contribution in [0.5, 0.6) is 0 Å². The first-order valence-electron chi connectivity index (χ1n) is 7.13. The summed E-state index contributed by atoms with van der Waals surface area (Å²) in [6, 6.07) is 8.80. The third-order valence-corrected chi connectivity index (χ3v) is 3.67. The lowest BCUT2D eigenvalue weighted by Crippen LogP contribution is -2.35. The first-order chi connectivity index (χ1) is 9.04. The van der Waals surface area contributed by atoms with Gasteiger partial charge in [0.15, 0.2) is 0 Å². The van der Waals surface area contributed by atoms with Crippen molar-refractivity contribution in [3.63, 3.8) is 0 Å². The normalized spacial score (nSPS) is 13.2. The van der Waals surface area contributed by atoms with E-state index in [4.69, 9.17) is 10.5 Å². The molecule has 0 aromatic heterocycles. The van der Waals surface area contributed by atoms with Crippen molar-refractivity contribution in [3.05, 3.63) is 29.8 Å². The molecule has 0 aliphatic carbocycles. The van der Waals surface area contributed by atoms with Crippen LogP contribution in [0.4, 0.5) is 5.69 Å². The highest BCUT2D eigenvalue weighted by atomic mass is 16.5. The summed E-state index contributed by atoms with van der Waals surface area (Å²) in [5, 5.41) is 0. The molecule has 3 heteroatoms. The summed E-state index contributed by atoms with van der Waals surface area (Å²) in [6.45, 7) is 9.66. The molecule has 0 bridgehead atoms. The molecule has 19 heavy (non-hydrogen) atoms. The van der Waals surface area contributed by atoms with Crippen molar-refractivity contribution in [1.29, 1.82) is 0 Å². The van der Waals surface area contributed by atoms with Gasteiger partial charge in [-0.15, -0.1) is 0 Å². The lowest BCUT2D eigenvalue weighted by atomic mass is 9.97. The minimum Gasteiger partial charge on any atom is -0.399 e. The van der Waals surface area contributed by atoms with Gasteiger partial charge >= 0.3 is 0 Å². The maximum absolute atomic E-state index is 5.72. The van der Waals surface area contributed by atoms with E-state index in [-0.39, 0.29) is 0 Å². The standard InChI is InChI=1S/C16H28N2O/c1-13(2)18(11-12-19-4)10-9-14(3)15-5-7-16(17)8-6-15/h5-8,13-14H,9-12,17H2,1-4H3. The first kappa shape index (κ1) is 16.0. The monoisotopic (exact) mass is 264 g/mol. The van der Waals surface area contributed by atoms with E-state index in [1.54, 1.807) is 7.11 Å². The zero-order chi connectivity index (χ0) is 14.3. The Morgan fingerprint density at radius 1 is 1.11 bits per heavy atom. The van der Waals surface area contributed by atoms with Crippen molar-refractivity contribution in [2.75, 3.05) is 32.5 Å². The quantitative estimate of drug-likeness (QED) is 0.733. The molecule has 0 fully saturated rings. The summed E-state index contributed by atoms with van der Waals surface area (Å²) in [4.78, 5) is 2.47. The zero-order valence-electron chi connectivity index (χ0n) is 12.7. The third kappa shape index (κ3) is 5.62. The van der Waals surface area contributed by atoms with Crippen molar-refractivity contribution in [2.45, 2.75) is 39.2 Å². The zero-order valence-corrected chi connectivity index (χ0v) is 12.7. The Morgan fingerprint density at radius 2 is 1.74 bits per heavy atom. The number of nitrogen functional groups attached to an aromatic ring is 1. The van der Waals surface area contributed by atoms with Gasteiger partial charge in [-0.3, -0.25) is 4.90 Å². The fraction of sp³-hybridized carbons (Fsp3) is 0.625. The summed E-state index contributed by atoms with van der Waals surface area (Å²) in [7, 11) is 1.76. The van der Waals surface area contributed by atoms with Crippen LogP contribution in [0, 0.1) is 0 Å². The highest BCUT2D eigenvalue weighted by Crippen LogP contribution is 2.20. The van der Waals surface area contributed by atoms with Crippen LogP contribution in [0.2, 0.25) is 0 Å². The molecule has 0 saturated carbocycles. The van der Waals surface area contributed by atoms with Crippen LogP contribution in [0.25, 0.3) is 0 Å². The largest absolute Gasteiger partial charge is 0.399 e. The highest BCUT2D eigenvalue weighted by Gasteiger charge is 2.12. The van der Waals surface area contributed by atoms with E-state index in [0.29, 0.717) is 12.0 Å². The second kappa shape index (κ2) is 8.18. The molecule has 0 saturated heterocycles. The average molecular weight is 264 g/mol. The van der Waals surface area contributed by atoms with E-state index in [2.05, 4.69) is 37.8 Å². The van der Waals surface area contributed by atoms with Gasteiger partial charge in [0.2, 0.25) is 0 Å². The Hall–Kier alpha value is -1.06. The predicted molar refractivity (Wildman–Crippen MR) is 82.5 cm³/mol. The second-order valence-electron chi connectivity index (χ2n) is 5.48. The molecule has 2 N–H and O–H groups in total. The SMILES string of the molecule is COCCN(CCC(C)c1ccc(N)cc1)C(C)C. The molecule has 0 amide bonds. The van der Waals surface area contributed by atoms with Gasteiger partial charge in [0.1, 0.15) is 0 Å². The maximum atomic E-state index is 5.72. The van der Waals surface area contributed by atoms with Crippen molar-refractivity contribution in [1.82, 2.24) is 4.90 Å². The Labute approximate surface area is 117 Å². The molecule has 0 radical (unpaired) electrons. The van der Waals surface area contributed by atoms with Gasteiger partial charge in [0.25, 0.3) is 0 Å². The summed E-state index contributed by atoms with van der Waals surface area (Å²) >= 11 is 0. The van der Waals surface area contributed by atoms with E-state index >= 15 is 0 Å². The molecule has 1 atom stereocenters. The minimum atomic E-state index is 0.560. The summed E-state index contributed by atoms with van der Waals surface area (Å²) < 4.78 is 5.17. The van der Waals surface area contributed by atoms with Crippen molar-refractivity contribution < 1.29 is 4.74 Å². The molecule has 0 aliphatic rings. The second-order valence-corrected chi connectivity index (χ2v) is 5.48. The molecule has 1 rings (SSSR count). The number of hydrogen-bond acceptors (Lipinski definition) is 3. The van der Waals surface area contributed by atoms with Gasteiger partial charge in [-0.25, -0.2) is 0 Å². The average Bonchev–Trinajstić information content (AvgIpc) is 2.39. The van der Waals surface area contributed by atoms with Crippen LogP contribution >= 0.6 is 0 Å². The first-order valence-corrected chi connectivity index (χ1v) is 7.13. The molecule has 0 spiro atoms. The smallest absolute Gasteiger partial charge is 0.0589 e. The molecule has 1 unspecified atom stereocenters. The fourth-order valence-electron chi connectivity index (χ4n) is 2.19. The molecular weight excluding hydrogens is 236 g/mol. The summed E-state index contributed by atoms with van der Waals surface area (Å²) in [5.41, 5.74) is 7.92. The molecule has 3 nitrogen and oxygen atoms in total. The maximum Gasteiger partial charge on any atom is 0.0589 e. The number of methoxy groups -OCH3 is 1. The van der Waals surface area contributed by atoms with E-state index in [9.17, 15) is 0 Å². The number of rotatable bonds is 8. The molecule has 1 aromatic carbocycles. The lowest BCUT2D eigenvalue weighted by molar-refractivity contribution is 0.127. The van der Waals surface area contributed by atoms with Gasteiger partial charge in [-0.05, 0) is 50.4 Å². The van der Waals surface area contributed by atoms with Crippen molar-refractivity contribution in [3.8, 4) is 0 Å². The van der Waals surface area contributed by atoms with Gasteiger partial charge in [0, 0.05) is 25.4 Å². The Kier molecular flexibility index (Phi) is 6.89. The molecule has 0 aliphatic heterocycles. The molecular formula is C16H28N2O. The number of nitrogens with two attached hydrogens (primary N) is 1. The van der Waals surface area contributed by atoms with Crippen LogP contribution in [0.1, 0.15) is 38.7 Å². The Morgan fingerprint density at radius 3 is 2.26 bits per heavy atom. The molecule has 108 valence electrons.